The monoisotopic (exact) mass is 296 g/mol. The summed E-state index contributed by atoms with van der Waals surface area (Å²) in [5, 5.41) is 12.3. The average Bonchev–Trinajstić information content (AvgIpc) is 2.87. The molecule has 1 saturated heterocycles. The summed E-state index contributed by atoms with van der Waals surface area (Å²) >= 11 is 0. The first-order chi connectivity index (χ1) is 10.0. The number of nitrogens with zero attached hydrogens (tertiary/aromatic N) is 1. The Morgan fingerprint density at radius 2 is 1.90 bits per heavy atom. The zero-order valence-corrected chi connectivity index (χ0v) is 13.2. The van der Waals surface area contributed by atoms with Gasteiger partial charge in [-0.15, -0.1) is 0 Å². The van der Waals surface area contributed by atoms with Crippen molar-refractivity contribution in [2.75, 3.05) is 13.1 Å². The Morgan fingerprint density at radius 3 is 2.43 bits per heavy atom. The lowest BCUT2D eigenvalue weighted by Crippen LogP contribution is -2.47. The number of carboxylic acids is 1. The van der Waals surface area contributed by atoms with E-state index in [1.165, 1.54) is 32.1 Å². The van der Waals surface area contributed by atoms with Crippen molar-refractivity contribution in [2.45, 2.75) is 58.4 Å². The van der Waals surface area contributed by atoms with Crippen molar-refractivity contribution in [1.29, 1.82) is 0 Å². The molecule has 3 unspecified atom stereocenters. The number of hydrogen-bond acceptors (Lipinski definition) is 2. The number of likely N-dealkylation sites (tertiary alicyclic amines) is 1. The van der Waals surface area contributed by atoms with Crippen molar-refractivity contribution in [3.05, 3.63) is 0 Å². The molecule has 5 nitrogen and oxygen atoms in total. The summed E-state index contributed by atoms with van der Waals surface area (Å²) in [7, 11) is 0. The molecule has 1 aliphatic heterocycles. The van der Waals surface area contributed by atoms with Gasteiger partial charge in [-0.1, -0.05) is 33.1 Å². The maximum Gasteiger partial charge on any atom is 0.317 e. The van der Waals surface area contributed by atoms with E-state index in [9.17, 15) is 9.59 Å². The predicted octanol–water partition coefficient (Wildman–Crippen LogP) is 2.71. The van der Waals surface area contributed by atoms with Crippen LogP contribution in [-0.4, -0.2) is 41.1 Å². The first kappa shape index (κ1) is 16.1. The van der Waals surface area contributed by atoms with Crippen molar-refractivity contribution in [2.24, 2.45) is 17.8 Å². The maximum absolute atomic E-state index is 12.4. The Labute approximate surface area is 127 Å². The summed E-state index contributed by atoms with van der Waals surface area (Å²) in [6.07, 6.45) is 7.19. The van der Waals surface area contributed by atoms with Crippen molar-refractivity contribution in [1.82, 2.24) is 10.2 Å². The number of carbonyl (C=O) groups is 2. The topological polar surface area (TPSA) is 69.6 Å². The first-order valence-electron chi connectivity index (χ1n) is 8.31. The summed E-state index contributed by atoms with van der Waals surface area (Å²) in [6, 6.07) is 0.153. The zero-order chi connectivity index (χ0) is 15.4. The summed E-state index contributed by atoms with van der Waals surface area (Å²) in [4.78, 5) is 25.2. The molecule has 120 valence electrons. The van der Waals surface area contributed by atoms with Crippen LogP contribution in [0.25, 0.3) is 0 Å². The predicted molar refractivity (Wildman–Crippen MR) is 81.0 cm³/mol. The van der Waals surface area contributed by atoms with E-state index < -0.39 is 11.9 Å². The lowest BCUT2D eigenvalue weighted by molar-refractivity contribution is -0.142. The lowest BCUT2D eigenvalue weighted by atomic mass is 9.83. The van der Waals surface area contributed by atoms with E-state index in [0.717, 1.165) is 6.42 Å². The van der Waals surface area contributed by atoms with Crippen LogP contribution in [0.3, 0.4) is 0 Å². The van der Waals surface area contributed by atoms with Gasteiger partial charge in [0.05, 0.1) is 5.92 Å². The molecule has 21 heavy (non-hydrogen) atoms. The maximum atomic E-state index is 12.4. The molecule has 2 amide bonds. The number of hydrogen-bond donors (Lipinski definition) is 2. The van der Waals surface area contributed by atoms with Gasteiger partial charge in [0, 0.05) is 19.1 Å². The van der Waals surface area contributed by atoms with Gasteiger partial charge in [-0.2, -0.15) is 0 Å². The fraction of sp³-hybridized carbons (Fsp3) is 0.875. The van der Waals surface area contributed by atoms with Gasteiger partial charge in [-0.25, -0.2) is 4.79 Å². The van der Waals surface area contributed by atoms with Crippen molar-refractivity contribution in [3.63, 3.8) is 0 Å². The Balaban J connectivity index is 1.89. The fourth-order valence-electron chi connectivity index (χ4n) is 3.79. The molecule has 0 bridgehead atoms. The third kappa shape index (κ3) is 3.89. The Kier molecular flexibility index (Phi) is 5.48. The molecule has 3 atom stereocenters. The Hall–Kier alpha value is -1.26. The molecule has 2 rings (SSSR count). The molecule has 0 spiro atoms. The summed E-state index contributed by atoms with van der Waals surface area (Å²) in [6.45, 7) is 4.91. The highest BCUT2D eigenvalue weighted by atomic mass is 16.4. The van der Waals surface area contributed by atoms with Crippen LogP contribution in [0.2, 0.25) is 0 Å². The third-order valence-electron chi connectivity index (χ3n) is 5.18. The molecule has 2 aliphatic rings. The van der Waals surface area contributed by atoms with Gasteiger partial charge in [-0.05, 0) is 31.1 Å². The summed E-state index contributed by atoms with van der Waals surface area (Å²) < 4.78 is 0. The number of rotatable bonds is 4. The van der Waals surface area contributed by atoms with Gasteiger partial charge in [0.1, 0.15) is 0 Å². The fourth-order valence-corrected chi connectivity index (χ4v) is 3.79. The zero-order valence-electron chi connectivity index (χ0n) is 13.2. The number of carboxylic acid groups (broad SMARTS) is 1. The molecule has 1 saturated carbocycles. The van der Waals surface area contributed by atoms with Crippen LogP contribution in [0.4, 0.5) is 4.79 Å². The number of nitrogens with one attached hydrogen (secondary N) is 1. The number of carbonyl (C=O) groups excluding carboxylic acids is 1. The minimum absolute atomic E-state index is 0.0306. The minimum atomic E-state index is -0.794. The van der Waals surface area contributed by atoms with Gasteiger partial charge < -0.3 is 15.3 Å². The smallest absolute Gasteiger partial charge is 0.317 e. The highest BCUT2D eigenvalue weighted by Crippen LogP contribution is 2.28. The van der Waals surface area contributed by atoms with Crippen LogP contribution < -0.4 is 5.32 Å². The molecule has 1 heterocycles. The van der Waals surface area contributed by atoms with Crippen LogP contribution in [-0.2, 0) is 4.79 Å². The Bertz CT molecular complexity index is 380. The van der Waals surface area contributed by atoms with Gasteiger partial charge in [-0.3, -0.25) is 4.79 Å². The lowest BCUT2D eigenvalue weighted by Gasteiger charge is -2.31. The van der Waals surface area contributed by atoms with Crippen LogP contribution in [0.1, 0.15) is 52.4 Å². The van der Waals surface area contributed by atoms with Gasteiger partial charge in [0.15, 0.2) is 0 Å². The van der Waals surface area contributed by atoms with Crippen LogP contribution in [0.5, 0.6) is 0 Å². The van der Waals surface area contributed by atoms with Crippen molar-refractivity contribution < 1.29 is 14.7 Å². The van der Waals surface area contributed by atoms with Crippen LogP contribution in [0, 0.1) is 17.8 Å². The van der Waals surface area contributed by atoms with E-state index >= 15 is 0 Å². The Morgan fingerprint density at radius 1 is 1.24 bits per heavy atom. The molecular weight excluding hydrogens is 268 g/mol. The van der Waals surface area contributed by atoms with E-state index in [1.807, 2.05) is 6.92 Å². The summed E-state index contributed by atoms with van der Waals surface area (Å²) in [5.74, 6) is -0.603. The number of aliphatic carboxylic acids is 1. The van der Waals surface area contributed by atoms with Gasteiger partial charge in [0.25, 0.3) is 0 Å². The SMILES string of the molecule is CCC(NC(=O)N1CC(C)C(C(=O)O)C1)C1CCCCC1. The second-order valence-electron chi connectivity index (χ2n) is 6.69. The van der Waals surface area contributed by atoms with Gasteiger partial charge in [0.2, 0.25) is 0 Å². The quantitative estimate of drug-likeness (QED) is 0.838. The third-order valence-corrected chi connectivity index (χ3v) is 5.18. The minimum Gasteiger partial charge on any atom is -0.481 e. The second-order valence-corrected chi connectivity index (χ2v) is 6.69. The van der Waals surface area contributed by atoms with Crippen molar-refractivity contribution in [3.8, 4) is 0 Å². The van der Waals surface area contributed by atoms with Crippen molar-refractivity contribution >= 4 is 12.0 Å². The summed E-state index contributed by atoms with van der Waals surface area (Å²) in [5.41, 5.74) is 0. The number of amides is 2. The van der Waals surface area contributed by atoms with E-state index in [1.54, 1.807) is 4.90 Å². The standard InChI is InChI=1S/C16H28N2O3/c1-3-14(12-7-5-4-6-8-12)17-16(21)18-9-11(2)13(10-18)15(19)20/h11-14H,3-10H2,1-2H3,(H,17,21)(H,19,20). The molecule has 0 aromatic carbocycles. The van der Waals surface area contributed by atoms with E-state index in [0.29, 0.717) is 19.0 Å². The molecule has 2 N–H and O–H groups in total. The molecule has 1 aliphatic carbocycles. The largest absolute Gasteiger partial charge is 0.481 e. The van der Waals surface area contributed by atoms with Crippen LogP contribution in [0.15, 0.2) is 0 Å². The first-order valence-corrected chi connectivity index (χ1v) is 8.31. The molecule has 2 fully saturated rings. The molecule has 0 radical (unpaired) electrons. The van der Waals surface area contributed by atoms with E-state index in [4.69, 9.17) is 5.11 Å². The van der Waals surface area contributed by atoms with E-state index in [-0.39, 0.29) is 18.0 Å². The van der Waals surface area contributed by atoms with E-state index in [2.05, 4.69) is 12.2 Å². The second kappa shape index (κ2) is 7.14. The molecule has 5 heteroatoms. The van der Waals surface area contributed by atoms with Gasteiger partial charge >= 0.3 is 12.0 Å². The molecular formula is C16H28N2O3. The average molecular weight is 296 g/mol. The normalized spacial score (nSPS) is 28.4. The number of urea groups is 1. The highest BCUT2D eigenvalue weighted by molar-refractivity contribution is 5.77. The molecule has 0 aromatic heterocycles. The molecule has 0 aromatic rings. The van der Waals surface area contributed by atoms with Crippen LogP contribution >= 0.6 is 0 Å². The highest BCUT2D eigenvalue weighted by Gasteiger charge is 2.37.